The van der Waals surface area contributed by atoms with Crippen molar-refractivity contribution < 1.29 is 37.3 Å². The summed E-state index contributed by atoms with van der Waals surface area (Å²) in [6.07, 6.45) is -6.65. The summed E-state index contributed by atoms with van der Waals surface area (Å²) in [5.41, 5.74) is 6.44. The lowest BCUT2D eigenvalue weighted by Crippen LogP contribution is -2.55. The lowest BCUT2D eigenvalue weighted by molar-refractivity contribution is -0.274. The van der Waals surface area contributed by atoms with Crippen LogP contribution >= 0.6 is 12.4 Å². The highest BCUT2D eigenvalue weighted by Gasteiger charge is 2.39. The zero-order valence-electron chi connectivity index (χ0n) is 17.9. The quantitative estimate of drug-likeness (QED) is 0.479. The summed E-state index contributed by atoms with van der Waals surface area (Å²) in [5.74, 6) is -1.69. The van der Waals surface area contributed by atoms with E-state index in [9.17, 15) is 27.9 Å². The van der Waals surface area contributed by atoms with E-state index in [0.29, 0.717) is 22.3 Å². The molecule has 35 heavy (non-hydrogen) atoms. The zero-order chi connectivity index (χ0) is 24.5. The van der Waals surface area contributed by atoms with Crippen molar-refractivity contribution in [2.45, 2.75) is 18.6 Å². The minimum absolute atomic E-state index is 0. The minimum atomic E-state index is -4.84. The number of aliphatic hydroxyl groups excluding tert-OH is 1. The SMILES string of the molecule is Cl.Nc1nccc2cc(NC(=O)[C@H](O)[C@H]3OCCN(c4ccc(OC(F)(F)F)cc4)C3=O)ccc12. The number of nitrogens with zero attached hydrogens (tertiary/aromatic N) is 2. The van der Waals surface area contributed by atoms with E-state index in [1.54, 1.807) is 24.3 Å². The first-order chi connectivity index (χ1) is 16.1. The number of hydrogen-bond acceptors (Lipinski definition) is 7. The first kappa shape index (κ1) is 26.0. The van der Waals surface area contributed by atoms with Crippen molar-refractivity contribution in [2.24, 2.45) is 0 Å². The highest BCUT2D eigenvalue weighted by molar-refractivity contribution is 6.04. The van der Waals surface area contributed by atoms with Crippen molar-refractivity contribution in [3.05, 3.63) is 54.7 Å². The van der Waals surface area contributed by atoms with Crippen molar-refractivity contribution in [2.75, 3.05) is 29.1 Å². The molecule has 3 aromatic rings. The average Bonchev–Trinajstić information content (AvgIpc) is 2.78. The second kappa shape index (κ2) is 10.3. The van der Waals surface area contributed by atoms with Gasteiger partial charge in [-0.1, -0.05) is 0 Å². The van der Waals surface area contributed by atoms with Gasteiger partial charge in [0, 0.05) is 29.5 Å². The Hall–Kier alpha value is -3.61. The molecule has 0 spiro atoms. The zero-order valence-corrected chi connectivity index (χ0v) is 18.7. The van der Waals surface area contributed by atoms with E-state index in [2.05, 4.69) is 15.0 Å². The summed E-state index contributed by atoms with van der Waals surface area (Å²) >= 11 is 0. The van der Waals surface area contributed by atoms with Gasteiger partial charge in [-0.3, -0.25) is 9.59 Å². The number of halogens is 4. The molecular weight excluding hydrogens is 493 g/mol. The molecule has 13 heteroatoms. The molecule has 2 amide bonds. The van der Waals surface area contributed by atoms with Crippen LogP contribution in [0.4, 0.5) is 30.4 Å². The maximum absolute atomic E-state index is 12.9. The molecule has 1 aliphatic rings. The maximum atomic E-state index is 12.9. The van der Waals surface area contributed by atoms with Crippen LogP contribution in [0.2, 0.25) is 0 Å². The molecule has 0 radical (unpaired) electrons. The topological polar surface area (TPSA) is 127 Å². The van der Waals surface area contributed by atoms with Crippen molar-refractivity contribution in [1.82, 2.24) is 4.98 Å². The van der Waals surface area contributed by atoms with Crippen LogP contribution in [-0.4, -0.2) is 53.6 Å². The number of nitrogens with one attached hydrogen (secondary N) is 1. The molecule has 0 aliphatic carbocycles. The number of morpholine rings is 1. The normalized spacial score (nSPS) is 17.0. The number of amides is 2. The molecule has 0 saturated carbocycles. The Kier molecular flexibility index (Phi) is 7.68. The summed E-state index contributed by atoms with van der Waals surface area (Å²) in [5, 5.41) is 14.4. The fraction of sp³-hybridized carbons (Fsp3) is 0.227. The molecular formula is C22H20ClF3N4O5. The maximum Gasteiger partial charge on any atom is 0.573 e. The number of fused-ring (bicyclic) bond motifs is 1. The third-order valence-electron chi connectivity index (χ3n) is 5.12. The molecule has 1 aromatic heterocycles. The van der Waals surface area contributed by atoms with Gasteiger partial charge in [0.25, 0.3) is 11.8 Å². The average molecular weight is 513 g/mol. The minimum Gasteiger partial charge on any atom is -0.406 e. The largest absolute Gasteiger partial charge is 0.573 e. The van der Waals surface area contributed by atoms with Gasteiger partial charge in [0.1, 0.15) is 11.6 Å². The molecule has 9 nitrogen and oxygen atoms in total. The lowest BCUT2D eigenvalue weighted by atomic mass is 10.1. The Morgan fingerprint density at radius 3 is 2.63 bits per heavy atom. The number of nitrogens with two attached hydrogens (primary N) is 1. The standard InChI is InChI=1S/C22H19F3N4O5.ClH/c23-22(24,25)34-15-4-2-14(3-5-15)29-9-10-33-18(21(29)32)17(30)20(31)28-13-1-6-16-12(11-13)7-8-27-19(16)26;/h1-8,11,17-18,30H,9-10H2,(H2,26,27)(H,28,31);1H/t17-,18-;/m1./s1. The van der Waals surface area contributed by atoms with Gasteiger partial charge in [0.15, 0.2) is 12.2 Å². The molecule has 2 heterocycles. The van der Waals surface area contributed by atoms with E-state index < -0.39 is 36.1 Å². The highest BCUT2D eigenvalue weighted by Crippen LogP contribution is 2.27. The van der Waals surface area contributed by atoms with E-state index in [0.717, 1.165) is 12.1 Å². The van der Waals surface area contributed by atoms with Crippen LogP contribution in [0.3, 0.4) is 0 Å². The molecule has 2 atom stereocenters. The van der Waals surface area contributed by atoms with Gasteiger partial charge in [-0.25, -0.2) is 4.98 Å². The molecule has 0 bridgehead atoms. The predicted octanol–water partition coefficient (Wildman–Crippen LogP) is 2.87. The van der Waals surface area contributed by atoms with Gasteiger partial charge < -0.3 is 30.5 Å². The molecule has 2 aromatic carbocycles. The molecule has 4 rings (SSSR count). The number of nitrogen functional groups attached to an aromatic ring is 1. The smallest absolute Gasteiger partial charge is 0.406 e. The Morgan fingerprint density at radius 2 is 1.94 bits per heavy atom. The molecule has 1 saturated heterocycles. The molecule has 186 valence electrons. The Morgan fingerprint density at radius 1 is 1.23 bits per heavy atom. The van der Waals surface area contributed by atoms with E-state index in [1.807, 2.05) is 0 Å². The Bertz CT molecular complexity index is 1230. The van der Waals surface area contributed by atoms with Gasteiger partial charge in [0.05, 0.1) is 6.61 Å². The second-order valence-electron chi connectivity index (χ2n) is 7.39. The monoisotopic (exact) mass is 512 g/mol. The van der Waals surface area contributed by atoms with Crippen LogP contribution in [0.5, 0.6) is 5.75 Å². The summed E-state index contributed by atoms with van der Waals surface area (Å²) in [7, 11) is 0. The van der Waals surface area contributed by atoms with Crippen LogP contribution in [0.1, 0.15) is 0 Å². The molecule has 4 N–H and O–H groups in total. The van der Waals surface area contributed by atoms with Crippen LogP contribution in [0.15, 0.2) is 54.7 Å². The number of rotatable bonds is 5. The van der Waals surface area contributed by atoms with Gasteiger partial charge >= 0.3 is 6.36 Å². The summed E-state index contributed by atoms with van der Waals surface area (Å²) in [6.45, 7) is 0.0904. The van der Waals surface area contributed by atoms with E-state index in [1.165, 1.54) is 23.2 Å². The first-order valence-electron chi connectivity index (χ1n) is 10.0. The van der Waals surface area contributed by atoms with Crippen molar-refractivity contribution in [1.29, 1.82) is 0 Å². The van der Waals surface area contributed by atoms with Gasteiger partial charge in [-0.15, -0.1) is 25.6 Å². The Balaban J connectivity index is 0.00000342. The van der Waals surface area contributed by atoms with E-state index in [-0.39, 0.29) is 31.2 Å². The third kappa shape index (κ3) is 5.91. The number of carbonyl (C=O) groups is 2. The van der Waals surface area contributed by atoms with Gasteiger partial charge in [-0.2, -0.15) is 0 Å². The first-order valence-corrected chi connectivity index (χ1v) is 10.0. The Labute approximate surface area is 203 Å². The number of carbonyl (C=O) groups excluding carboxylic acids is 2. The van der Waals surface area contributed by atoms with Crippen molar-refractivity contribution in [3.8, 4) is 5.75 Å². The van der Waals surface area contributed by atoms with Crippen LogP contribution < -0.4 is 20.7 Å². The highest BCUT2D eigenvalue weighted by atomic mass is 35.5. The fourth-order valence-electron chi connectivity index (χ4n) is 3.55. The van der Waals surface area contributed by atoms with Gasteiger partial charge in [0.2, 0.25) is 0 Å². The van der Waals surface area contributed by atoms with E-state index in [4.69, 9.17) is 10.5 Å². The van der Waals surface area contributed by atoms with Crippen molar-refractivity contribution in [3.63, 3.8) is 0 Å². The fourth-order valence-corrected chi connectivity index (χ4v) is 3.55. The number of pyridine rings is 1. The number of hydrogen-bond donors (Lipinski definition) is 3. The third-order valence-corrected chi connectivity index (χ3v) is 5.12. The van der Waals surface area contributed by atoms with E-state index >= 15 is 0 Å². The lowest BCUT2D eigenvalue weighted by Gasteiger charge is -2.34. The second-order valence-corrected chi connectivity index (χ2v) is 7.39. The number of aliphatic hydroxyl groups is 1. The number of benzene rings is 2. The molecule has 1 fully saturated rings. The van der Waals surface area contributed by atoms with Gasteiger partial charge in [-0.05, 0) is 53.9 Å². The molecule has 0 unspecified atom stereocenters. The predicted molar refractivity (Wildman–Crippen MR) is 123 cm³/mol. The van der Waals surface area contributed by atoms with Crippen LogP contribution in [0.25, 0.3) is 10.8 Å². The molecule has 1 aliphatic heterocycles. The number of anilines is 3. The summed E-state index contributed by atoms with van der Waals surface area (Å²) in [6, 6.07) is 11.2. The van der Waals surface area contributed by atoms with Crippen LogP contribution in [0, 0.1) is 0 Å². The number of aromatic nitrogens is 1. The van der Waals surface area contributed by atoms with Crippen molar-refractivity contribution >= 4 is 52.2 Å². The van der Waals surface area contributed by atoms with Crippen LogP contribution in [-0.2, 0) is 14.3 Å². The summed E-state index contributed by atoms with van der Waals surface area (Å²) in [4.78, 5) is 30.7. The summed E-state index contributed by atoms with van der Waals surface area (Å²) < 4.78 is 46.2. The number of alkyl halides is 3. The number of ether oxygens (including phenoxy) is 2.